The summed E-state index contributed by atoms with van der Waals surface area (Å²) in [5.41, 5.74) is 6.76. The molecule has 1 amide bonds. The minimum Gasteiger partial charge on any atom is -0.365 e. The van der Waals surface area contributed by atoms with Crippen LogP contribution < -0.4 is 5.73 Å². The number of nitrogens with zero attached hydrogens (tertiary/aromatic N) is 2. The molecule has 2 aromatic heterocycles. The number of aromatic nitrogens is 2. The first-order valence-corrected chi connectivity index (χ1v) is 7.61. The molecule has 1 aliphatic rings. The molecule has 0 bridgehead atoms. The summed E-state index contributed by atoms with van der Waals surface area (Å²) in [5.74, 6) is -0.778. The summed E-state index contributed by atoms with van der Waals surface area (Å²) in [7, 11) is 0. The number of amides is 1. The van der Waals surface area contributed by atoms with E-state index < -0.39 is 17.5 Å². The van der Waals surface area contributed by atoms with Gasteiger partial charge in [0.15, 0.2) is 5.51 Å². The van der Waals surface area contributed by atoms with Gasteiger partial charge >= 0.3 is 6.18 Å². The lowest BCUT2D eigenvalue weighted by atomic mass is 10.1. The third-order valence-corrected chi connectivity index (χ3v) is 5.61. The van der Waals surface area contributed by atoms with Gasteiger partial charge in [0.1, 0.15) is 21.0 Å². The molecule has 1 radical (unpaired) electrons. The van der Waals surface area contributed by atoms with Crippen molar-refractivity contribution in [2.75, 3.05) is 0 Å². The molecular formula is C12H9F3N3OS2. The van der Waals surface area contributed by atoms with Crippen LogP contribution in [0.5, 0.6) is 0 Å². The van der Waals surface area contributed by atoms with Crippen molar-refractivity contribution in [2.45, 2.75) is 31.4 Å². The fourth-order valence-corrected chi connectivity index (χ4v) is 4.04. The van der Waals surface area contributed by atoms with Gasteiger partial charge in [0.2, 0.25) is 0 Å². The van der Waals surface area contributed by atoms with E-state index >= 15 is 0 Å². The van der Waals surface area contributed by atoms with Crippen molar-refractivity contribution >= 4 is 28.6 Å². The summed E-state index contributed by atoms with van der Waals surface area (Å²) < 4.78 is 39.5. The van der Waals surface area contributed by atoms with Gasteiger partial charge in [0.25, 0.3) is 5.91 Å². The van der Waals surface area contributed by atoms with Crippen LogP contribution in [0.15, 0.2) is 0 Å². The van der Waals surface area contributed by atoms with Crippen LogP contribution >= 0.6 is 22.7 Å². The summed E-state index contributed by atoms with van der Waals surface area (Å²) in [5, 5.41) is -0.0911. The molecule has 1 aliphatic carbocycles. The molecule has 2 heterocycles. The topological polar surface area (TPSA) is 68.9 Å². The number of primary amides is 1. The maximum atomic E-state index is 13.2. The van der Waals surface area contributed by atoms with E-state index in [0.717, 1.165) is 22.7 Å². The largest absolute Gasteiger partial charge is 0.400 e. The van der Waals surface area contributed by atoms with Gasteiger partial charge < -0.3 is 5.73 Å². The van der Waals surface area contributed by atoms with E-state index in [1.54, 1.807) is 6.92 Å². The van der Waals surface area contributed by atoms with Crippen molar-refractivity contribution in [1.82, 2.24) is 9.97 Å². The average Bonchev–Trinajstić information content (AvgIpc) is 2.91. The molecule has 1 saturated carbocycles. The van der Waals surface area contributed by atoms with Crippen LogP contribution in [0.2, 0.25) is 0 Å². The molecule has 0 unspecified atom stereocenters. The van der Waals surface area contributed by atoms with E-state index in [4.69, 9.17) is 5.73 Å². The predicted molar refractivity (Wildman–Crippen MR) is 72.3 cm³/mol. The van der Waals surface area contributed by atoms with E-state index in [1.165, 1.54) is 0 Å². The smallest absolute Gasteiger partial charge is 0.365 e. The highest BCUT2D eigenvalue weighted by molar-refractivity contribution is 7.16. The van der Waals surface area contributed by atoms with Gasteiger partial charge in [-0.15, -0.1) is 22.7 Å². The number of carbonyl (C=O) groups excluding carboxylic acids is 1. The van der Waals surface area contributed by atoms with E-state index in [1.807, 2.05) is 0 Å². The van der Waals surface area contributed by atoms with Crippen molar-refractivity contribution in [3.05, 3.63) is 21.1 Å². The Morgan fingerprint density at radius 1 is 1.43 bits per heavy atom. The lowest BCUT2D eigenvalue weighted by molar-refractivity contribution is -0.160. The van der Waals surface area contributed by atoms with Gasteiger partial charge in [-0.05, 0) is 19.8 Å². The zero-order valence-electron chi connectivity index (χ0n) is 10.7. The second-order valence-corrected chi connectivity index (χ2v) is 6.65. The number of hydrogen-bond acceptors (Lipinski definition) is 5. The number of hydrogen-bond donors (Lipinski definition) is 1. The Bertz CT molecular complexity index is 716. The van der Waals surface area contributed by atoms with Crippen LogP contribution in [0.1, 0.15) is 33.2 Å². The average molecular weight is 332 g/mol. The molecular weight excluding hydrogens is 323 g/mol. The molecule has 4 nitrogen and oxygen atoms in total. The van der Waals surface area contributed by atoms with Crippen LogP contribution in [0.3, 0.4) is 0 Å². The summed E-state index contributed by atoms with van der Waals surface area (Å²) in [6.07, 6.45) is -4.38. The quantitative estimate of drug-likeness (QED) is 0.939. The second kappa shape index (κ2) is 4.51. The molecule has 3 rings (SSSR count). The lowest BCUT2D eigenvalue weighted by Gasteiger charge is -2.15. The highest BCUT2D eigenvalue weighted by Gasteiger charge is 2.66. The van der Waals surface area contributed by atoms with Crippen molar-refractivity contribution in [3.8, 4) is 10.6 Å². The first kappa shape index (κ1) is 14.5. The Morgan fingerprint density at radius 3 is 2.52 bits per heavy atom. The molecule has 0 aromatic carbocycles. The number of rotatable bonds is 3. The number of nitrogens with two attached hydrogens (primary N) is 1. The Balaban J connectivity index is 2.15. The first-order chi connectivity index (χ1) is 9.76. The molecule has 2 aromatic rings. The van der Waals surface area contributed by atoms with Crippen LogP contribution in [-0.4, -0.2) is 22.1 Å². The Labute approximate surface area is 125 Å². The first-order valence-electron chi connectivity index (χ1n) is 5.98. The maximum absolute atomic E-state index is 13.2. The molecule has 0 saturated heterocycles. The van der Waals surface area contributed by atoms with Crippen LogP contribution in [0.4, 0.5) is 13.2 Å². The number of alkyl halides is 3. The number of aryl methyl sites for hydroxylation is 1. The normalized spacial score (nSPS) is 17.0. The van der Waals surface area contributed by atoms with Gasteiger partial charge in [-0.2, -0.15) is 13.2 Å². The number of carbonyl (C=O) groups is 1. The Morgan fingerprint density at radius 2 is 2.10 bits per heavy atom. The number of halogens is 3. The lowest BCUT2D eigenvalue weighted by Crippen LogP contribution is -2.28. The van der Waals surface area contributed by atoms with Gasteiger partial charge in [-0.1, -0.05) is 0 Å². The monoisotopic (exact) mass is 332 g/mol. The van der Waals surface area contributed by atoms with Gasteiger partial charge in [0.05, 0.1) is 10.6 Å². The zero-order valence-corrected chi connectivity index (χ0v) is 12.4. The standard InChI is InChI=1S/C12H9F3N3OS2/c1-5-7(20-4-17-5)6-8(9(16)19)21-10(18-6)11(2-3-11)12(13,14)15/h2-3H2,1H3,(H2,16,19). The highest BCUT2D eigenvalue weighted by Crippen LogP contribution is 2.60. The van der Waals surface area contributed by atoms with Crippen molar-refractivity contribution < 1.29 is 18.0 Å². The highest BCUT2D eigenvalue weighted by atomic mass is 32.1. The van der Waals surface area contributed by atoms with E-state index in [-0.39, 0.29) is 28.4 Å². The van der Waals surface area contributed by atoms with Crippen LogP contribution in [0.25, 0.3) is 10.6 Å². The summed E-state index contributed by atoms with van der Waals surface area (Å²) in [6, 6.07) is 0. The third-order valence-electron chi connectivity index (χ3n) is 3.46. The molecule has 0 atom stereocenters. The van der Waals surface area contributed by atoms with Gasteiger partial charge in [-0.25, -0.2) is 9.97 Å². The molecule has 1 fully saturated rings. The second-order valence-electron chi connectivity index (χ2n) is 4.86. The van der Waals surface area contributed by atoms with E-state index in [0.29, 0.717) is 10.6 Å². The fourth-order valence-electron chi connectivity index (χ4n) is 2.07. The number of thiazole rings is 2. The predicted octanol–water partition coefficient (Wildman–Crippen LogP) is 3.07. The van der Waals surface area contributed by atoms with Crippen molar-refractivity contribution in [3.63, 3.8) is 0 Å². The summed E-state index contributed by atoms with van der Waals surface area (Å²) in [4.78, 5) is 20.1. The Hall–Kier alpha value is -1.48. The van der Waals surface area contributed by atoms with Crippen LogP contribution in [-0.2, 0) is 5.41 Å². The Kier molecular flexibility index (Phi) is 3.10. The molecule has 0 spiro atoms. The van der Waals surface area contributed by atoms with E-state index in [2.05, 4.69) is 15.5 Å². The minimum atomic E-state index is -4.37. The van der Waals surface area contributed by atoms with Crippen molar-refractivity contribution in [2.24, 2.45) is 5.73 Å². The maximum Gasteiger partial charge on any atom is 0.400 e. The van der Waals surface area contributed by atoms with Gasteiger partial charge in [-0.3, -0.25) is 4.79 Å². The molecule has 9 heteroatoms. The fraction of sp³-hybridized carbons (Fsp3) is 0.417. The summed E-state index contributed by atoms with van der Waals surface area (Å²) in [6.45, 7) is 1.68. The minimum absolute atomic E-state index is 0.00451. The molecule has 21 heavy (non-hydrogen) atoms. The zero-order chi connectivity index (χ0) is 15.4. The van der Waals surface area contributed by atoms with Crippen molar-refractivity contribution in [1.29, 1.82) is 0 Å². The van der Waals surface area contributed by atoms with Gasteiger partial charge in [0, 0.05) is 0 Å². The SMILES string of the molecule is Cc1n[c]sc1-c1nc(C2(C(F)(F)F)CC2)sc1C(N)=O. The molecule has 0 aliphatic heterocycles. The third kappa shape index (κ3) is 2.15. The van der Waals surface area contributed by atoms with Crippen LogP contribution in [0, 0.1) is 12.4 Å². The molecule has 2 N–H and O–H groups in total. The molecule has 111 valence electrons. The van der Waals surface area contributed by atoms with E-state index in [9.17, 15) is 18.0 Å². The summed E-state index contributed by atoms with van der Waals surface area (Å²) >= 11 is 1.84.